The van der Waals surface area contributed by atoms with Crippen LogP contribution in [-0.2, 0) is 10.0 Å². The minimum atomic E-state index is -3.57. The van der Waals surface area contributed by atoms with Crippen LogP contribution in [0.4, 0.5) is 0 Å². The van der Waals surface area contributed by atoms with Crippen molar-refractivity contribution in [1.82, 2.24) is 14.3 Å². The first-order valence-corrected chi connectivity index (χ1v) is 9.85. The summed E-state index contributed by atoms with van der Waals surface area (Å²) in [4.78, 5) is 8.41. The molecule has 2 aromatic rings. The molecule has 1 atom stereocenters. The zero-order valence-corrected chi connectivity index (χ0v) is 15.3. The summed E-state index contributed by atoms with van der Waals surface area (Å²) in [6, 6.07) is 8.30. The Balaban J connectivity index is 1.65. The first-order valence-electron chi connectivity index (χ1n) is 8.41. The molecule has 0 spiro atoms. The Morgan fingerprint density at radius 3 is 2.62 bits per heavy atom. The van der Waals surface area contributed by atoms with Gasteiger partial charge in [0.1, 0.15) is 0 Å². The number of aryl methyl sites for hydroxylation is 1. The molecule has 1 aliphatic heterocycles. The van der Waals surface area contributed by atoms with Crippen LogP contribution in [-0.4, -0.2) is 42.4 Å². The number of hydrogen-bond acceptors (Lipinski definition) is 6. The number of benzene rings is 1. The third kappa shape index (κ3) is 4.18. The molecule has 0 amide bonds. The highest BCUT2D eigenvalue weighted by Crippen LogP contribution is 2.24. The predicted molar refractivity (Wildman–Crippen MR) is 94.9 cm³/mol. The number of aromatic nitrogens is 2. The molecule has 7 nitrogen and oxygen atoms in total. The van der Waals surface area contributed by atoms with Gasteiger partial charge in [-0.15, -0.1) is 0 Å². The van der Waals surface area contributed by atoms with Crippen molar-refractivity contribution in [3.63, 3.8) is 0 Å². The van der Waals surface area contributed by atoms with E-state index in [0.29, 0.717) is 31.3 Å². The standard InChI is InChI=1S/C18H20N4O3S/c1-14-10-20-18(21-11-14)25-13-16-3-2-8-22(12-16)26(23,24)17-6-4-15(9-19)5-7-17/h4-7,10-11,16H,2-3,8,12-13H2,1H3. The van der Waals surface area contributed by atoms with Crippen LogP contribution in [0.15, 0.2) is 41.6 Å². The van der Waals surface area contributed by atoms with Crippen LogP contribution < -0.4 is 4.74 Å². The van der Waals surface area contributed by atoms with E-state index in [2.05, 4.69) is 9.97 Å². The number of nitriles is 1. The van der Waals surface area contributed by atoms with Crippen LogP contribution in [0, 0.1) is 24.2 Å². The summed E-state index contributed by atoms with van der Waals surface area (Å²) in [5.74, 6) is 0.0850. The number of piperidine rings is 1. The molecule has 1 aromatic carbocycles. The SMILES string of the molecule is Cc1cnc(OCC2CCCN(S(=O)(=O)c3ccc(C#N)cc3)C2)nc1. The first kappa shape index (κ1) is 18.3. The van der Waals surface area contributed by atoms with E-state index in [1.54, 1.807) is 12.4 Å². The maximum absolute atomic E-state index is 12.8. The van der Waals surface area contributed by atoms with Gasteiger partial charge < -0.3 is 4.74 Å². The summed E-state index contributed by atoms with van der Waals surface area (Å²) in [5.41, 5.74) is 1.39. The second kappa shape index (κ2) is 7.81. The molecule has 1 aliphatic rings. The zero-order chi connectivity index (χ0) is 18.6. The van der Waals surface area contributed by atoms with Gasteiger partial charge in [-0.1, -0.05) is 0 Å². The normalized spacial score (nSPS) is 18.2. The smallest absolute Gasteiger partial charge is 0.316 e. The maximum atomic E-state index is 12.8. The van der Waals surface area contributed by atoms with Gasteiger partial charge in [0.15, 0.2) is 0 Å². The molecule has 0 N–H and O–H groups in total. The minimum Gasteiger partial charge on any atom is -0.463 e. The van der Waals surface area contributed by atoms with Gasteiger partial charge in [-0.25, -0.2) is 18.4 Å². The number of sulfonamides is 1. The molecule has 1 aromatic heterocycles. The minimum absolute atomic E-state index is 0.0850. The molecule has 0 aliphatic carbocycles. The predicted octanol–water partition coefficient (Wildman–Crippen LogP) is 2.14. The fourth-order valence-electron chi connectivity index (χ4n) is 2.88. The maximum Gasteiger partial charge on any atom is 0.316 e. The molecule has 0 bridgehead atoms. The number of hydrogen-bond donors (Lipinski definition) is 0. The van der Waals surface area contributed by atoms with Crippen molar-refractivity contribution in [3.8, 4) is 12.1 Å². The summed E-state index contributed by atoms with van der Waals surface area (Å²) in [7, 11) is -3.57. The van der Waals surface area contributed by atoms with Crippen molar-refractivity contribution in [1.29, 1.82) is 5.26 Å². The van der Waals surface area contributed by atoms with E-state index in [4.69, 9.17) is 10.00 Å². The fraction of sp³-hybridized carbons (Fsp3) is 0.389. The van der Waals surface area contributed by atoms with E-state index in [1.807, 2.05) is 13.0 Å². The van der Waals surface area contributed by atoms with Gasteiger partial charge in [0.25, 0.3) is 0 Å². The van der Waals surface area contributed by atoms with E-state index in [-0.39, 0.29) is 10.8 Å². The molecule has 1 saturated heterocycles. The van der Waals surface area contributed by atoms with E-state index >= 15 is 0 Å². The van der Waals surface area contributed by atoms with Gasteiger partial charge >= 0.3 is 6.01 Å². The highest BCUT2D eigenvalue weighted by atomic mass is 32.2. The van der Waals surface area contributed by atoms with Crippen molar-refractivity contribution in [3.05, 3.63) is 47.8 Å². The molecule has 8 heteroatoms. The van der Waals surface area contributed by atoms with Crippen LogP contribution in [0.3, 0.4) is 0 Å². The molecular weight excluding hydrogens is 352 g/mol. The van der Waals surface area contributed by atoms with E-state index in [0.717, 1.165) is 18.4 Å². The van der Waals surface area contributed by atoms with E-state index < -0.39 is 10.0 Å². The fourth-order valence-corrected chi connectivity index (χ4v) is 4.43. The van der Waals surface area contributed by atoms with Crippen LogP contribution in [0.1, 0.15) is 24.0 Å². The molecule has 26 heavy (non-hydrogen) atoms. The number of rotatable bonds is 5. The van der Waals surface area contributed by atoms with Crippen LogP contribution >= 0.6 is 0 Å². The second-order valence-electron chi connectivity index (χ2n) is 6.36. The third-order valence-corrected chi connectivity index (χ3v) is 6.19. The van der Waals surface area contributed by atoms with Gasteiger partial charge in [0.05, 0.1) is 23.1 Å². The Bertz CT molecular complexity index is 890. The Kier molecular flexibility index (Phi) is 5.49. The third-order valence-electron chi connectivity index (χ3n) is 4.31. The van der Waals surface area contributed by atoms with E-state index in [1.165, 1.54) is 28.6 Å². The summed E-state index contributed by atoms with van der Waals surface area (Å²) < 4.78 is 32.7. The number of nitrogens with zero attached hydrogens (tertiary/aromatic N) is 4. The molecule has 0 saturated carbocycles. The molecule has 0 radical (unpaired) electrons. The summed E-state index contributed by atoms with van der Waals surface area (Å²) in [5, 5.41) is 8.85. The second-order valence-corrected chi connectivity index (χ2v) is 8.30. The average Bonchev–Trinajstić information content (AvgIpc) is 2.68. The van der Waals surface area contributed by atoms with Gasteiger partial charge in [-0.2, -0.15) is 9.57 Å². The van der Waals surface area contributed by atoms with Gasteiger partial charge in [-0.05, 0) is 49.6 Å². The molecule has 1 fully saturated rings. The van der Waals surface area contributed by atoms with Gasteiger partial charge in [0.2, 0.25) is 10.0 Å². The van der Waals surface area contributed by atoms with Crippen molar-refractivity contribution in [2.75, 3.05) is 19.7 Å². The summed E-state index contributed by atoms with van der Waals surface area (Å²) >= 11 is 0. The lowest BCUT2D eigenvalue weighted by atomic mass is 10.0. The average molecular weight is 372 g/mol. The van der Waals surface area contributed by atoms with Crippen LogP contribution in [0.2, 0.25) is 0 Å². The highest BCUT2D eigenvalue weighted by Gasteiger charge is 2.30. The van der Waals surface area contributed by atoms with Crippen LogP contribution in [0.25, 0.3) is 0 Å². The Morgan fingerprint density at radius 2 is 1.96 bits per heavy atom. The van der Waals surface area contributed by atoms with Crippen molar-refractivity contribution >= 4 is 10.0 Å². The quantitative estimate of drug-likeness (QED) is 0.798. The molecule has 2 heterocycles. The lowest BCUT2D eigenvalue weighted by Crippen LogP contribution is -2.41. The molecule has 136 valence electrons. The lowest BCUT2D eigenvalue weighted by Gasteiger charge is -2.31. The molecular formula is C18H20N4O3S. The Morgan fingerprint density at radius 1 is 1.27 bits per heavy atom. The van der Waals surface area contributed by atoms with E-state index in [9.17, 15) is 8.42 Å². The molecule has 3 rings (SSSR count). The monoisotopic (exact) mass is 372 g/mol. The van der Waals surface area contributed by atoms with Crippen molar-refractivity contribution < 1.29 is 13.2 Å². The lowest BCUT2D eigenvalue weighted by molar-refractivity contribution is 0.171. The highest BCUT2D eigenvalue weighted by molar-refractivity contribution is 7.89. The summed E-state index contributed by atoms with van der Waals surface area (Å²) in [6.45, 7) is 3.16. The number of ether oxygens (including phenoxy) is 1. The van der Waals surface area contributed by atoms with Crippen molar-refractivity contribution in [2.24, 2.45) is 5.92 Å². The first-order chi connectivity index (χ1) is 12.5. The van der Waals surface area contributed by atoms with Crippen molar-refractivity contribution in [2.45, 2.75) is 24.7 Å². The summed E-state index contributed by atoms with van der Waals surface area (Å²) in [6.07, 6.45) is 5.04. The Labute approximate surface area is 153 Å². The zero-order valence-electron chi connectivity index (χ0n) is 14.5. The topological polar surface area (TPSA) is 96.2 Å². The van der Waals surface area contributed by atoms with Gasteiger partial charge in [-0.3, -0.25) is 0 Å². The van der Waals surface area contributed by atoms with Gasteiger partial charge in [0, 0.05) is 31.4 Å². The Hall–Kier alpha value is -2.50. The van der Waals surface area contributed by atoms with Crippen LogP contribution in [0.5, 0.6) is 6.01 Å². The molecule has 1 unspecified atom stereocenters. The largest absolute Gasteiger partial charge is 0.463 e.